The largest absolute Gasteiger partial charge is 0.394 e. The number of hydrogen-bond donors (Lipinski definition) is 5. The lowest BCUT2D eigenvalue weighted by molar-refractivity contribution is 0.0697. The maximum absolute atomic E-state index is 10.3. The Labute approximate surface area is 121 Å². The second-order valence-corrected chi connectivity index (χ2v) is 5.65. The third-order valence-corrected chi connectivity index (χ3v) is 3.34. The molecular formula is C12H30NO6P. The molecule has 8 heteroatoms. The lowest BCUT2D eigenvalue weighted by atomic mass is 10.0. The summed E-state index contributed by atoms with van der Waals surface area (Å²) in [5.74, 6) is 0.450. The minimum Gasteiger partial charge on any atom is -0.394 e. The second kappa shape index (κ2) is 13.9. The smallest absolute Gasteiger partial charge is 0.316 e. The Kier molecular flexibility index (Phi) is 15.5. The third-order valence-electron chi connectivity index (χ3n) is 2.93. The van der Waals surface area contributed by atoms with Gasteiger partial charge in [0.1, 0.15) is 0 Å². The van der Waals surface area contributed by atoms with Gasteiger partial charge in [-0.25, -0.2) is 0 Å². The van der Waals surface area contributed by atoms with E-state index in [0.717, 1.165) is 12.8 Å². The van der Waals surface area contributed by atoms with Crippen LogP contribution in [0.3, 0.4) is 0 Å². The van der Waals surface area contributed by atoms with Crippen molar-refractivity contribution < 1.29 is 29.3 Å². The summed E-state index contributed by atoms with van der Waals surface area (Å²) in [6.07, 6.45) is 4.47. The zero-order chi connectivity index (χ0) is 16.0. The van der Waals surface area contributed by atoms with E-state index in [4.69, 9.17) is 30.5 Å². The van der Waals surface area contributed by atoms with Gasteiger partial charge in [-0.05, 0) is 12.3 Å². The number of rotatable bonds is 10. The highest BCUT2D eigenvalue weighted by Crippen LogP contribution is 2.20. The first-order chi connectivity index (χ1) is 9.38. The van der Waals surface area contributed by atoms with E-state index < -0.39 is 33.6 Å². The number of aliphatic hydroxyl groups excluding tert-OH is 3. The maximum atomic E-state index is 10.3. The molecule has 0 spiro atoms. The minimum atomic E-state index is -2.71. The molecule has 2 unspecified atom stereocenters. The Morgan fingerprint density at radius 1 is 1.20 bits per heavy atom. The van der Waals surface area contributed by atoms with Gasteiger partial charge in [0.25, 0.3) is 0 Å². The van der Waals surface area contributed by atoms with Crippen molar-refractivity contribution in [3.8, 4) is 0 Å². The molecule has 0 amide bonds. The summed E-state index contributed by atoms with van der Waals surface area (Å²) < 4.78 is 15.0. The Morgan fingerprint density at radius 3 is 1.95 bits per heavy atom. The zero-order valence-electron chi connectivity index (χ0n) is 12.4. The molecule has 0 fully saturated rings. The van der Waals surface area contributed by atoms with Crippen LogP contribution >= 0.6 is 8.25 Å². The molecule has 0 aliphatic rings. The van der Waals surface area contributed by atoms with Crippen LogP contribution in [0, 0.1) is 5.92 Å². The molecule has 0 aliphatic heterocycles. The summed E-state index contributed by atoms with van der Waals surface area (Å²) in [6, 6.07) is 0. The van der Waals surface area contributed by atoms with Gasteiger partial charge in [-0.15, -0.1) is 0 Å². The SMILES string of the molecule is CCCCC(CC)CO[PH](=O)O.NC(CO)(CO)CO. The van der Waals surface area contributed by atoms with Crippen molar-refractivity contribution in [2.75, 3.05) is 26.4 Å². The molecule has 2 atom stereocenters. The van der Waals surface area contributed by atoms with Gasteiger partial charge >= 0.3 is 8.25 Å². The first kappa shape index (κ1) is 22.3. The van der Waals surface area contributed by atoms with Crippen LogP contribution in [0.5, 0.6) is 0 Å². The lowest BCUT2D eigenvalue weighted by Gasteiger charge is -2.20. The van der Waals surface area contributed by atoms with E-state index in [-0.39, 0.29) is 0 Å². The highest BCUT2D eigenvalue weighted by molar-refractivity contribution is 7.32. The number of hydrogen-bond acceptors (Lipinski definition) is 6. The molecule has 20 heavy (non-hydrogen) atoms. The molecule has 0 heterocycles. The molecule has 0 aromatic rings. The van der Waals surface area contributed by atoms with Gasteiger partial charge in [-0.2, -0.15) is 0 Å². The normalized spacial score (nSPS) is 14.3. The zero-order valence-corrected chi connectivity index (χ0v) is 13.4. The van der Waals surface area contributed by atoms with Crippen molar-refractivity contribution in [3.05, 3.63) is 0 Å². The molecule has 0 bridgehead atoms. The molecule has 0 radical (unpaired) electrons. The van der Waals surface area contributed by atoms with E-state index in [1.165, 1.54) is 12.8 Å². The lowest BCUT2D eigenvalue weighted by Crippen LogP contribution is -2.50. The van der Waals surface area contributed by atoms with E-state index in [1.54, 1.807) is 0 Å². The summed E-state index contributed by atoms with van der Waals surface area (Å²) in [5.41, 5.74) is 3.94. The summed E-state index contributed by atoms with van der Waals surface area (Å²) in [4.78, 5) is 8.45. The molecule has 0 saturated carbocycles. The van der Waals surface area contributed by atoms with Gasteiger partial charge in [0.2, 0.25) is 0 Å². The fraction of sp³-hybridized carbons (Fsp3) is 1.00. The van der Waals surface area contributed by atoms with Crippen molar-refractivity contribution in [1.82, 2.24) is 0 Å². The predicted molar refractivity (Wildman–Crippen MR) is 78.7 cm³/mol. The van der Waals surface area contributed by atoms with Crippen LogP contribution in [0.4, 0.5) is 0 Å². The van der Waals surface area contributed by atoms with Crippen LogP contribution in [-0.4, -0.2) is 52.2 Å². The summed E-state index contributed by atoms with van der Waals surface area (Å²) >= 11 is 0. The van der Waals surface area contributed by atoms with E-state index in [0.29, 0.717) is 12.5 Å². The quantitative estimate of drug-likeness (QED) is 0.365. The molecule has 7 nitrogen and oxygen atoms in total. The van der Waals surface area contributed by atoms with Gasteiger partial charge in [-0.3, -0.25) is 4.57 Å². The van der Waals surface area contributed by atoms with Gasteiger partial charge in [0.05, 0.1) is 32.0 Å². The number of unbranched alkanes of at least 4 members (excludes halogenated alkanes) is 1. The fourth-order valence-corrected chi connectivity index (χ4v) is 1.62. The van der Waals surface area contributed by atoms with Crippen LogP contribution in [0.15, 0.2) is 0 Å². The Bertz CT molecular complexity index is 230. The van der Waals surface area contributed by atoms with Gasteiger partial charge in [0, 0.05) is 0 Å². The van der Waals surface area contributed by atoms with Crippen molar-refractivity contribution in [1.29, 1.82) is 0 Å². The third kappa shape index (κ3) is 13.0. The topological polar surface area (TPSA) is 133 Å². The Balaban J connectivity index is 0. The van der Waals surface area contributed by atoms with Crippen molar-refractivity contribution >= 4 is 8.25 Å². The molecule has 0 aliphatic carbocycles. The number of aliphatic hydroxyl groups is 3. The first-order valence-electron chi connectivity index (χ1n) is 6.86. The molecule has 124 valence electrons. The Hall–Kier alpha value is -0.0100. The first-order valence-corrected chi connectivity index (χ1v) is 8.12. The molecule has 6 N–H and O–H groups in total. The van der Waals surface area contributed by atoms with E-state index in [2.05, 4.69) is 13.8 Å². The maximum Gasteiger partial charge on any atom is 0.316 e. The Morgan fingerprint density at radius 2 is 1.70 bits per heavy atom. The molecule has 0 aromatic heterocycles. The second-order valence-electron chi connectivity index (χ2n) is 4.83. The van der Waals surface area contributed by atoms with Crippen LogP contribution in [0.1, 0.15) is 39.5 Å². The average molecular weight is 315 g/mol. The van der Waals surface area contributed by atoms with Gasteiger partial charge in [-0.1, -0.05) is 33.1 Å². The summed E-state index contributed by atoms with van der Waals surface area (Å²) in [5, 5.41) is 25.0. The average Bonchev–Trinajstić information content (AvgIpc) is 2.47. The van der Waals surface area contributed by atoms with Crippen LogP contribution in [-0.2, 0) is 9.09 Å². The molecule has 0 rings (SSSR count). The predicted octanol–water partition coefficient (Wildman–Crippen LogP) is 0.262. The van der Waals surface area contributed by atoms with E-state index in [1.807, 2.05) is 0 Å². The highest BCUT2D eigenvalue weighted by atomic mass is 31.1. The van der Waals surface area contributed by atoms with E-state index in [9.17, 15) is 4.57 Å². The monoisotopic (exact) mass is 315 g/mol. The van der Waals surface area contributed by atoms with Crippen molar-refractivity contribution in [3.63, 3.8) is 0 Å². The fourth-order valence-electron chi connectivity index (χ4n) is 1.24. The molecule has 0 aromatic carbocycles. The van der Waals surface area contributed by atoms with Crippen molar-refractivity contribution in [2.45, 2.75) is 45.1 Å². The number of nitrogens with two attached hydrogens (primary N) is 1. The molecule has 0 saturated heterocycles. The van der Waals surface area contributed by atoms with Crippen LogP contribution < -0.4 is 5.73 Å². The van der Waals surface area contributed by atoms with Gasteiger partial charge in [0.15, 0.2) is 0 Å². The standard InChI is InChI=1S/C8H19O3P.C4H11NO3/c1-3-5-6-8(4-2)7-11-12(9)10;5-4(1-6,2-7)3-8/h8,12H,3-7H2,1-2H3,(H,9,10);6-8H,1-3,5H2. The van der Waals surface area contributed by atoms with Crippen molar-refractivity contribution in [2.24, 2.45) is 11.7 Å². The summed E-state index contributed by atoms with van der Waals surface area (Å²) in [7, 11) is -2.71. The highest BCUT2D eigenvalue weighted by Gasteiger charge is 2.20. The van der Waals surface area contributed by atoms with Crippen LogP contribution in [0.25, 0.3) is 0 Å². The van der Waals surface area contributed by atoms with Crippen LogP contribution in [0.2, 0.25) is 0 Å². The van der Waals surface area contributed by atoms with E-state index >= 15 is 0 Å². The molecular weight excluding hydrogens is 285 g/mol. The van der Waals surface area contributed by atoms with Gasteiger partial charge < -0.3 is 30.5 Å². The minimum absolute atomic E-state index is 0.403. The summed E-state index contributed by atoms with van der Waals surface area (Å²) in [6.45, 7) is 3.45.